The summed E-state index contributed by atoms with van der Waals surface area (Å²) in [6.45, 7) is 0. The molecule has 4 heteroatoms. The number of rotatable bonds is 4. The lowest BCUT2D eigenvalue weighted by atomic mass is 10.0. The zero-order valence-corrected chi connectivity index (χ0v) is 26.9. The molecule has 0 atom stereocenters. The Morgan fingerprint density at radius 3 is 1.88 bits per heavy atom. The second-order valence-corrected chi connectivity index (χ2v) is 12.9. The fourth-order valence-electron chi connectivity index (χ4n) is 8.03. The molecule has 0 unspecified atom stereocenters. The Balaban J connectivity index is 1.31. The van der Waals surface area contributed by atoms with Crippen molar-refractivity contribution in [3.63, 3.8) is 0 Å². The van der Waals surface area contributed by atoms with Crippen molar-refractivity contribution in [3.05, 3.63) is 170 Å². The smallest absolute Gasteiger partial charge is 0.137 e. The van der Waals surface area contributed by atoms with E-state index in [-0.39, 0.29) is 0 Å². The third kappa shape index (κ3) is 3.81. The number of nitrogens with zero attached hydrogens (tertiary/aromatic N) is 2. The van der Waals surface area contributed by atoms with E-state index >= 15 is 0 Å². The van der Waals surface area contributed by atoms with Crippen LogP contribution >= 0.6 is 0 Å². The Kier molecular flexibility index (Phi) is 5.63. The van der Waals surface area contributed by atoms with Crippen molar-refractivity contribution in [2.75, 3.05) is 4.90 Å². The fourth-order valence-corrected chi connectivity index (χ4v) is 8.03. The Morgan fingerprint density at radius 2 is 1.00 bits per heavy atom. The van der Waals surface area contributed by atoms with Gasteiger partial charge in [0.1, 0.15) is 22.3 Å². The van der Waals surface area contributed by atoms with Gasteiger partial charge in [-0.15, -0.1) is 0 Å². The topological polar surface area (TPSA) is 34.5 Å². The average molecular weight is 641 g/mol. The first-order chi connectivity index (χ1) is 24.8. The molecule has 50 heavy (non-hydrogen) atoms. The quantitative estimate of drug-likeness (QED) is 0.192. The molecule has 8 aromatic carbocycles. The zero-order chi connectivity index (χ0) is 32.8. The minimum absolute atomic E-state index is 0.851. The SMILES string of the molecule is c1ccc(-n2c3ccccc3c3cccc(N(c4cccc5cc6c(cc45)oc4ccccc46)c4cccc5oc6ccccc6c45)c32)cc1. The highest BCUT2D eigenvalue weighted by atomic mass is 16.3. The molecule has 3 heterocycles. The summed E-state index contributed by atoms with van der Waals surface area (Å²) in [6, 6.07) is 60.1. The molecule has 0 aliphatic rings. The van der Waals surface area contributed by atoms with Gasteiger partial charge in [0.05, 0.1) is 33.5 Å². The van der Waals surface area contributed by atoms with Gasteiger partial charge < -0.3 is 18.3 Å². The lowest BCUT2D eigenvalue weighted by Crippen LogP contribution is -2.12. The molecule has 0 saturated heterocycles. The largest absolute Gasteiger partial charge is 0.456 e. The fraction of sp³-hybridized carbons (Fsp3) is 0. The summed E-state index contributed by atoms with van der Waals surface area (Å²) in [5.74, 6) is 0. The van der Waals surface area contributed by atoms with Crippen LogP contribution in [0.4, 0.5) is 17.1 Å². The molecule has 3 aromatic heterocycles. The van der Waals surface area contributed by atoms with E-state index in [0.717, 1.165) is 88.4 Å². The van der Waals surface area contributed by atoms with Crippen molar-refractivity contribution in [2.24, 2.45) is 0 Å². The summed E-state index contributed by atoms with van der Waals surface area (Å²) in [7, 11) is 0. The van der Waals surface area contributed by atoms with Gasteiger partial charge in [0.15, 0.2) is 0 Å². The van der Waals surface area contributed by atoms with Crippen molar-refractivity contribution < 1.29 is 8.83 Å². The Bertz CT molecular complexity index is 3110. The number of para-hydroxylation sites is 5. The highest BCUT2D eigenvalue weighted by molar-refractivity contribution is 6.20. The highest BCUT2D eigenvalue weighted by Crippen LogP contribution is 2.49. The maximum Gasteiger partial charge on any atom is 0.137 e. The number of aromatic nitrogens is 1. The van der Waals surface area contributed by atoms with E-state index in [1.807, 2.05) is 24.3 Å². The summed E-state index contributed by atoms with van der Waals surface area (Å²) >= 11 is 0. The first-order valence-electron chi connectivity index (χ1n) is 16.9. The predicted octanol–water partition coefficient (Wildman–Crippen LogP) is 13.2. The van der Waals surface area contributed by atoms with Crippen molar-refractivity contribution in [1.82, 2.24) is 4.57 Å². The van der Waals surface area contributed by atoms with Crippen LogP contribution in [0.25, 0.3) is 82.1 Å². The third-order valence-electron chi connectivity index (χ3n) is 10.1. The lowest BCUT2D eigenvalue weighted by Gasteiger charge is -2.29. The van der Waals surface area contributed by atoms with Crippen LogP contribution in [-0.4, -0.2) is 4.57 Å². The zero-order valence-electron chi connectivity index (χ0n) is 26.9. The van der Waals surface area contributed by atoms with Gasteiger partial charge in [0.25, 0.3) is 0 Å². The van der Waals surface area contributed by atoms with Gasteiger partial charge in [-0.2, -0.15) is 0 Å². The summed E-state index contributed by atoms with van der Waals surface area (Å²) in [6.07, 6.45) is 0. The van der Waals surface area contributed by atoms with Gasteiger partial charge in [0.2, 0.25) is 0 Å². The minimum atomic E-state index is 0.851. The molecule has 0 N–H and O–H groups in total. The second kappa shape index (κ2) is 10.4. The van der Waals surface area contributed by atoms with Crippen molar-refractivity contribution in [1.29, 1.82) is 0 Å². The molecule has 0 fully saturated rings. The molecule has 234 valence electrons. The van der Waals surface area contributed by atoms with Gasteiger partial charge in [-0.05, 0) is 72.1 Å². The Labute approximate surface area is 286 Å². The summed E-state index contributed by atoms with van der Waals surface area (Å²) in [5, 5.41) is 9.04. The van der Waals surface area contributed by atoms with Crippen LogP contribution in [0.5, 0.6) is 0 Å². The molecule has 0 spiro atoms. The molecule has 0 saturated carbocycles. The van der Waals surface area contributed by atoms with E-state index in [9.17, 15) is 0 Å². The molecular weight excluding hydrogens is 613 g/mol. The van der Waals surface area contributed by atoms with Gasteiger partial charge in [0, 0.05) is 38.0 Å². The van der Waals surface area contributed by atoms with Crippen LogP contribution in [0.15, 0.2) is 179 Å². The van der Waals surface area contributed by atoms with E-state index in [1.54, 1.807) is 0 Å². The molecule has 0 aliphatic carbocycles. The molecule has 0 bridgehead atoms. The molecular formula is C46H28N2O2. The van der Waals surface area contributed by atoms with E-state index in [1.165, 1.54) is 10.8 Å². The van der Waals surface area contributed by atoms with Gasteiger partial charge in [-0.1, -0.05) is 103 Å². The number of fused-ring (bicyclic) bond motifs is 10. The maximum atomic E-state index is 6.48. The Hall–Kier alpha value is -6.78. The molecule has 0 radical (unpaired) electrons. The Morgan fingerprint density at radius 1 is 0.380 bits per heavy atom. The number of anilines is 3. The van der Waals surface area contributed by atoms with Crippen LogP contribution in [0, 0.1) is 0 Å². The first kappa shape index (κ1) is 27.2. The van der Waals surface area contributed by atoms with Crippen molar-refractivity contribution >= 4 is 93.5 Å². The molecule has 0 aliphatic heterocycles. The predicted molar refractivity (Wildman–Crippen MR) is 208 cm³/mol. The van der Waals surface area contributed by atoms with E-state index in [0.29, 0.717) is 0 Å². The van der Waals surface area contributed by atoms with E-state index in [4.69, 9.17) is 8.83 Å². The standard InChI is InChI=1S/C46H28N2O2/c1-2-14-30(15-3-1)47-37-20-7-4-16-31(37)33-19-11-23-40(46(33)47)48(39-22-12-26-43-45(39)34-18-6-9-25-42(34)49-43)38-21-10-13-29-27-36-32-17-5-8-24-41(32)50-44(36)28-35(29)38/h1-28H. The maximum absolute atomic E-state index is 6.48. The van der Waals surface area contributed by atoms with Crippen LogP contribution < -0.4 is 4.90 Å². The van der Waals surface area contributed by atoms with Crippen molar-refractivity contribution in [2.45, 2.75) is 0 Å². The lowest BCUT2D eigenvalue weighted by molar-refractivity contribution is 0.668. The number of hydrogen-bond acceptors (Lipinski definition) is 3. The van der Waals surface area contributed by atoms with Crippen LogP contribution in [0.1, 0.15) is 0 Å². The van der Waals surface area contributed by atoms with Crippen molar-refractivity contribution in [3.8, 4) is 5.69 Å². The monoisotopic (exact) mass is 640 g/mol. The highest BCUT2D eigenvalue weighted by Gasteiger charge is 2.25. The first-order valence-corrected chi connectivity index (χ1v) is 16.9. The number of furan rings is 2. The molecule has 11 aromatic rings. The van der Waals surface area contributed by atoms with E-state index < -0.39 is 0 Å². The minimum Gasteiger partial charge on any atom is -0.456 e. The average Bonchev–Trinajstić information content (AvgIpc) is 3.84. The van der Waals surface area contributed by atoms with Gasteiger partial charge in [-0.25, -0.2) is 0 Å². The second-order valence-electron chi connectivity index (χ2n) is 12.9. The number of benzene rings is 8. The van der Waals surface area contributed by atoms with Gasteiger partial charge in [-0.3, -0.25) is 0 Å². The molecule has 4 nitrogen and oxygen atoms in total. The number of hydrogen-bond donors (Lipinski definition) is 0. The summed E-state index contributed by atoms with van der Waals surface area (Å²) in [4.78, 5) is 2.43. The normalized spacial score (nSPS) is 12.0. The summed E-state index contributed by atoms with van der Waals surface area (Å²) in [5.41, 5.74) is 10.1. The van der Waals surface area contributed by atoms with Crippen LogP contribution in [-0.2, 0) is 0 Å². The van der Waals surface area contributed by atoms with E-state index in [2.05, 4.69) is 155 Å². The van der Waals surface area contributed by atoms with Crippen LogP contribution in [0.3, 0.4) is 0 Å². The van der Waals surface area contributed by atoms with Gasteiger partial charge >= 0.3 is 0 Å². The molecule has 0 amide bonds. The third-order valence-corrected chi connectivity index (χ3v) is 10.1. The molecule has 11 rings (SSSR count). The summed E-state index contributed by atoms with van der Waals surface area (Å²) < 4.78 is 15.4. The van der Waals surface area contributed by atoms with Crippen LogP contribution in [0.2, 0.25) is 0 Å².